The SMILES string of the molecule is COc1ccc(C2CC2NCCS(=O)(=O)CC(NC(=O)c2ccc(F)cc2)C(=O)N2CCOCC2)cc1. The summed E-state index contributed by atoms with van der Waals surface area (Å²) in [4.78, 5) is 27.4. The van der Waals surface area contributed by atoms with Crippen LogP contribution in [0.1, 0.15) is 28.3 Å². The predicted molar refractivity (Wildman–Crippen MR) is 136 cm³/mol. The standard InChI is InChI=1S/C26H32FN3O6S/c1-35-21-8-4-18(5-9-21)22-16-23(22)28-10-15-37(33,34)17-24(26(32)30-11-13-36-14-12-30)29-25(31)19-2-6-20(27)7-3-19/h2-9,22-24,28H,10-17H2,1H3,(H,29,31). The van der Waals surface area contributed by atoms with Gasteiger partial charge < -0.3 is 25.0 Å². The molecule has 200 valence electrons. The van der Waals surface area contributed by atoms with Gasteiger partial charge >= 0.3 is 0 Å². The average Bonchev–Trinajstić information content (AvgIpc) is 3.68. The van der Waals surface area contributed by atoms with Crippen LogP contribution in [0.25, 0.3) is 0 Å². The lowest BCUT2D eigenvalue weighted by atomic mass is 10.1. The van der Waals surface area contributed by atoms with Crippen LogP contribution in [0.4, 0.5) is 4.39 Å². The molecule has 1 saturated carbocycles. The Morgan fingerprint density at radius 2 is 1.78 bits per heavy atom. The maximum atomic E-state index is 13.2. The summed E-state index contributed by atoms with van der Waals surface area (Å²) in [6.07, 6.45) is 0.915. The fourth-order valence-corrected chi connectivity index (χ4v) is 5.73. The molecule has 2 aromatic rings. The zero-order chi connectivity index (χ0) is 26.4. The second kappa shape index (κ2) is 12.0. The Kier molecular flexibility index (Phi) is 8.78. The number of carbonyl (C=O) groups excluding carboxylic acids is 2. The smallest absolute Gasteiger partial charge is 0.251 e. The van der Waals surface area contributed by atoms with Crippen molar-refractivity contribution in [2.45, 2.75) is 24.4 Å². The van der Waals surface area contributed by atoms with Gasteiger partial charge in [-0.3, -0.25) is 9.59 Å². The highest BCUT2D eigenvalue weighted by Gasteiger charge is 2.38. The van der Waals surface area contributed by atoms with Gasteiger partial charge in [-0.25, -0.2) is 12.8 Å². The Morgan fingerprint density at radius 1 is 1.11 bits per heavy atom. The van der Waals surface area contributed by atoms with Gasteiger partial charge in [0.25, 0.3) is 5.91 Å². The summed E-state index contributed by atoms with van der Waals surface area (Å²) >= 11 is 0. The topological polar surface area (TPSA) is 114 Å². The molecule has 2 N–H and O–H groups in total. The first-order valence-corrected chi connectivity index (χ1v) is 14.1. The number of methoxy groups -OCH3 is 1. The number of benzene rings is 2. The van der Waals surface area contributed by atoms with Crippen molar-refractivity contribution in [3.63, 3.8) is 0 Å². The summed E-state index contributed by atoms with van der Waals surface area (Å²) in [5, 5.41) is 5.83. The van der Waals surface area contributed by atoms with E-state index < -0.39 is 39.3 Å². The molecule has 1 aliphatic heterocycles. The third-order valence-corrected chi connectivity index (χ3v) is 8.27. The Balaban J connectivity index is 1.34. The number of rotatable bonds is 11. The molecule has 3 unspecified atom stereocenters. The van der Waals surface area contributed by atoms with Gasteiger partial charge in [-0.1, -0.05) is 12.1 Å². The van der Waals surface area contributed by atoms with Crippen LogP contribution in [0.3, 0.4) is 0 Å². The largest absolute Gasteiger partial charge is 0.497 e. The van der Waals surface area contributed by atoms with E-state index in [2.05, 4.69) is 10.6 Å². The molecule has 2 amide bonds. The molecule has 2 aromatic carbocycles. The first-order valence-electron chi connectivity index (χ1n) is 12.3. The quantitative estimate of drug-likeness (QED) is 0.448. The summed E-state index contributed by atoms with van der Waals surface area (Å²) in [5.41, 5.74) is 1.30. The van der Waals surface area contributed by atoms with E-state index in [1.807, 2.05) is 24.3 Å². The summed E-state index contributed by atoms with van der Waals surface area (Å²) in [5.74, 6) is -1.20. The van der Waals surface area contributed by atoms with E-state index in [1.54, 1.807) is 7.11 Å². The van der Waals surface area contributed by atoms with Gasteiger partial charge in [0, 0.05) is 37.2 Å². The van der Waals surface area contributed by atoms with Crippen molar-refractivity contribution in [3.05, 3.63) is 65.5 Å². The number of sulfone groups is 1. The number of ether oxygens (including phenoxy) is 2. The molecule has 0 radical (unpaired) electrons. The molecular formula is C26H32FN3O6S. The van der Waals surface area contributed by atoms with Crippen LogP contribution in [0.2, 0.25) is 0 Å². The number of nitrogens with zero attached hydrogens (tertiary/aromatic N) is 1. The number of hydrogen-bond acceptors (Lipinski definition) is 7. The third-order valence-electron chi connectivity index (χ3n) is 6.61. The molecule has 0 spiro atoms. The lowest BCUT2D eigenvalue weighted by molar-refractivity contribution is -0.136. The molecule has 1 heterocycles. The second-order valence-electron chi connectivity index (χ2n) is 9.26. The first-order chi connectivity index (χ1) is 17.8. The third kappa shape index (κ3) is 7.50. The van der Waals surface area contributed by atoms with Gasteiger partial charge in [0.05, 0.1) is 31.8 Å². The van der Waals surface area contributed by atoms with Crippen LogP contribution in [0, 0.1) is 5.82 Å². The number of morpholine rings is 1. The summed E-state index contributed by atoms with van der Waals surface area (Å²) in [6.45, 7) is 1.56. The fraction of sp³-hybridized carbons (Fsp3) is 0.462. The highest BCUT2D eigenvalue weighted by molar-refractivity contribution is 7.91. The highest BCUT2D eigenvalue weighted by Crippen LogP contribution is 2.41. The molecule has 37 heavy (non-hydrogen) atoms. The van der Waals surface area contributed by atoms with E-state index in [-0.39, 0.29) is 23.9 Å². The van der Waals surface area contributed by atoms with Crippen molar-refractivity contribution >= 4 is 21.7 Å². The molecular weight excluding hydrogens is 501 g/mol. The minimum absolute atomic E-state index is 0.138. The van der Waals surface area contributed by atoms with Crippen molar-refractivity contribution in [2.24, 2.45) is 0 Å². The molecule has 4 rings (SSSR count). The molecule has 2 aliphatic rings. The van der Waals surface area contributed by atoms with E-state index in [0.29, 0.717) is 32.2 Å². The van der Waals surface area contributed by atoms with Crippen molar-refractivity contribution in [2.75, 3.05) is 51.5 Å². The summed E-state index contributed by atoms with van der Waals surface area (Å²) in [7, 11) is -2.08. The van der Waals surface area contributed by atoms with E-state index in [4.69, 9.17) is 9.47 Å². The zero-order valence-electron chi connectivity index (χ0n) is 20.7. The minimum Gasteiger partial charge on any atom is -0.497 e. The molecule has 3 atom stereocenters. The Morgan fingerprint density at radius 3 is 2.43 bits per heavy atom. The van der Waals surface area contributed by atoms with Gasteiger partial charge in [0.15, 0.2) is 9.84 Å². The van der Waals surface area contributed by atoms with E-state index >= 15 is 0 Å². The van der Waals surface area contributed by atoms with Crippen LogP contribution in [0.5, 0.6) is 5.75 Å². The van der Waals surface area contributed by atoms with Gasteiger partial charge in [0.2, 0.25) is 5.91 Å². The Bertz CT molecular complexity index is 1180. The van der Waals surface area contributed by atoms with Gasteiger partial charge in [-0.2, -0.15) is 0 Å². The first kappa shape index (κ1) is 27.0. The molecule has 1 saturated heterocycles. The average molecular weight is 534 g/mol. The number of halogens is 1. The number of nitrogens with one attached hydrogen (secondary N) is 2. The van der Waals surface area contributed by atoms with Crippen molar-refractivity contribution in [3.8, 4) is 5.75 Å². The Hall–Kier alpha value is -3.02. The zero-order valence-corrected chi connectivity index (χ0v) is 21.5. The van der Waals surface area contributed by atoms with Gasteiger partial charge in [0.1, 0.15) is 17.6 Å². The van der Waals surface area contributed by atoms with E-state index in [1.165, 1.54) is 22.6 Å². The molecule has 1 aliphatic carbocycles. The molecule has 0 aromatic heterocycles. The Labute approximate surface area is 216 Å². The summed E-state index contributed by atoms with van der Waals surface area (Å²) in [6, 6.07) is 11.6. The number of hydrogen-bond donors (Lipinski definition) is 2. The van der Waals surface area contributed by atoms with Crippen molar-refractivity contribution in [1.29, 1.82) is 0 Å². The molecule has 9 nitrogen and oxygen atoms in total. The monoisotopic (exact) mass is 533 g/mol. The lowest BCUT2D eigenvalue weighted by Crippen LogP contribution is -2.54. The maximum Gasteiger partial charge on any atom is 0.251 e. The van der Waals surface area contributed by atoms with Gasteiger partial charge in [-0.15, -0.1) is 0 Å². The van der Waals surface area contributed by atoms with Crippen LogP contribution in [0.15, 0.2) is 48.5 Å². The fourth-order valence-electron chi connectivity index (χ4n) is 4.40. The maximum absolute atomic E-state index is 13.2. The second-order valence-corrected chi connectivity index (χ2v) is 11.5. The molecule has 0 bridgehead atoms. The van der Waals surface area contributed by atoms with Crippen LogP contribution < -0.4 is 15.4 Å². The molecule has 2 fully saturated rings. The summed E-state index contributed by atoms with van der Waals surface area (Å²) < 4.78 is 49.6. The van der Waals surface area contributed by atoms with Crippen molar-refractivity contribution < 1.29 is 31.9 Å². The molecule has 11 heteroatoms. The van der Waals surface area contributed by atoms with Crippen molar-refractivity contribution in [1.82, 2.24) is 15.5 Å². The number of carbonyl (C=O) groups is 2. The predicted octanol–water partition coefficient (Wildman–Crippen LogP) is 1.35. The lowest BCUT2D eigenvalue weighted by Gasteiger charge is -2.30. The van der Waals surface area contributed by atoms with E-state index in [9.17, 15) is 22.4 Å². The highest BCUT2D eigenvalue weighted by atomic mass is 32.2. The van der Waals surface area contributed by atoms with Gasteiger partial charge in [-0.05, 0) is 48.4 Å². The van der Waals surface area contributed by atoms with Crippen LogP contribution >= 0.6 is 0 Å². The van der Waals surface area contributed by atoms with E-state index in [0.717, 1.165) is 24.3 Å². The normalized spacial score (nSPS) is 20.2. The minimum atomic E-state index is -3.69. The van der Waals surface area contributed by atoms with Crippen LogP contribution in [-0.4, -0.2) is 88.7 Å². The number of amides is 2. The van der Waals surface area contributed by atoms with Crippen LogP contribution in [-0.2, 0) is 19.4 Å².